The van der Waals surface area contributed by atoms with Gasteiger partial charge in [-0.2, -0.15) is 5.26 Å². The lowest BCUT2D eigenvalue weighted by atomic mass is 10.1. The van der Waals surface area contributed by atoms with Crippen LogP contribution in [-0.2, 0) is 0 Å². The number of hydrogen-bond donors (Lipinski definition) is 2. The van der Waals surface area contributed by atoms with E-state index < -0.39 is 5.91 Å². The molecule has 0 aromatic heterocycles. The molecule has 5 nitrogen and oxygen atoms in total. The summed E-state index contributed by atoms with van der Waals surface area (Å²) in [5.41, 5.74) is 0.898. The van der Waals surface area contributed by atoms with Gasteiger partial charge in [0.05, 0.1) is 17.3 Å². The number of ether oxygens (including phenoxy) is 1. The Balaban J connectivity index is 2.18. The van der Waals surface area contributed by atoms with Gasteiger partial charge in [0.15, 0.2) is 5.75 Å². The quantitative estimate of drug-likeness (QED) is 0.755. The second kappa shape index (κ2) is 4.03. The van der Waals surface area contributed by atoms with E-state index in [4.69, 9.17) is 10.00 Å². The molecule has 0 atom stereocenters. The minimum absolute atomic E-state index is 0.0807. The summed E-state index contributed by atoms with van der Waals surface area (Å²) in [4.78, 5) is 12.1. The van der Waals surface area contributed by atoms with E-state index in [0.717, 1.165) is 0 Å². The van der Waals surface area contributed by atoms with E-state index in [-0.39, 0.29) is 17.1 Å². The molecule has 0 bridgehead atoms. The highest BCUT2D eigenvalue weighted by Gasteiger charge is 2.23. The van der Waals surface area contributed by atoms with Crippen molar-refractivity contribution < 1.29 is 14.6 Å². The Labute approximate surface area is 108 Å². The standard InChI is InChI=1S/C14H8N2O3/c15-7-8-4-5-11-9(6-8)16-14(18)13-10(17)2-1-3-12(13)19-11/h1-6,17H,(H,16,18). The summed E-state index contributed by atoms with van der Waals surface area (Å²) < 4.78 is 5.60. The summed E-state index contributed by atoms with van der Waals surface area (Å²) in [6.45, 7) is 0. The van der Waals surface area contributed by atoms with Crippen molar-refractivity contribution in [2.45, 2.75) is 0 Å². The minimum atomic E-state index is -0.470. The Bertz CT molecular complexity index is 732. The zero-order valence-corrected chi connectivity index (χ0v) is 9.68. The molecule has 3 rings (SSSR count). The molecule has 0 spiro atoms. The van der Waals surface area contributed by atoms with Crippen LogP contribution in [0, 0.1) is 11.3 Å². The molecule has 19 heavy (non-hydrogen) atoms. The van der Waals surface area contributed by atoms with Gasteiger partial charge in [-0.05, 0) is 30.3 Å². The number of aromatic hydroxyl groups is 1. The number of fused-ring (bicyclic) bond motifs is 2. The molecule has 2 aromatic carbocycles. The molecule has 0 radical (unpaired) electrons. The molecular formula is C14H8N2O3. The van der Waals surface area contributed by atoms with E-state index in [1.807, 2.05) is 6.07 Å². The Morgan fingerprint density at radius 3 is 2.84 bits per heavy atom. The number of nitrogens with zero attached hydrogens (tertiary/aromatic N) is 1. The largest absolute Gasteiger partial charge is 0.507 e. The van der Waals surface area contributed by atoms with Gasteiger partial charge in [0.2, 0.25) is 0 Å². The van der Waals surface area contributed by atoms with Crippen LogP contribution >= 0.6 is 0 Å². The van der Waals surface area contributed by atoms with E-state index in [2.05, 4.69) is 5.32 Å². The van der Waals surface area contributed by atoms with Crippen LogP contribution in [0.4, 0.5) is 5.69 Å². The van der Waals surface area contributed by atoms with Crippen molar-refractivity contribution in [2.75, 3.05) is 5.32 Å². The molecule has 5 heteroatoms. The molecule has 0 aliphatic carbocycles. The number of nitrogens with one attached hydrogen (secondary N) is 1. The van der Waals surface area contributed by atoms with Gasteiger partial charge in [0, 0.05) is 0 Å². The molecule has 0 saturated carbocycles. The van der Waals surface area contributed by atoms with Crippen LogP contribution in [0.5, 0.6) is 17.2 Å². The van der Waals surface area contributed by atoms with Crippen molar-refractivity contribution in [3.8, 4) is 23.3 Å². The van der Waals surface area contributed by atoms with Crippen LogP contribution in [0.2, 0.25) is 0 Å². The fraction of sp³-hybridized carbons (Fsp3) is 0. The zero-order valence-electron chi connectivity index (χ0n) is 9.68. The Hall–Kier alpha value is -3.00. The maximum absolute atomic E-state index is 12.1. The number of benzene rings is 2. The molecule has 1 heterocycles. The lowest BCUT2D eigenvalue weighted by Crippen LogP contribution is -2.10. The molecule has 2 N–H and O–H groups in total. The fourth-order valence-corrected chi connectivity index (χ4v) is 1.92. The highest BCUT2D eigenvalue weighted by atomic mass is 16.5. The molecule has 92 valence electrons. The first-order valence-electron chi connectivity index (χ1n) is 5.54. The smallest absolute Gasteiger partial charge is 0.263 e. The number of carbonyl (C=O) groups is 1. The Morgan fingerprint density at radius 1 is 1.21 bits per heavy atom. The number of nitriles is 1. The average Bonchev–Trinajstić information content (AvgIpc) is 2.54. The first-order valence-corrected chi connectivity index (χ1v) is 5.54. The summed E-state index contributed by atoms with van der Waals surface area (Å²) in [6, 6.07) is 11.3. The SMILES string of the molecule is N#Cc1ccc2c(c1)NC(=O)c1c(O)cccc1O2. The number of phenolic OH excluding ortho intramolecular Hbond substituents is 1. The van der Waals surface area contributed by atoms with Crippen molar-refractivity contribution in [2.24, 2.45) is 0 Å². The molecule has 0 saturated heterocycles. The van der Waals surface area contributed by atoms with Crippen LogP contribution < -0.4 is 10.1 Å². The molecule has 2 aromatic rings. The van der Waals surface area contributed by atoms with Gasteiger partial charge in [-0.1, -0.05) is 6.07 Å². The van der Waals surface area contributed by atoms with E-state index in [1.165, 1.54) is 12.1 Å². The second-order valence-corrected chi connectivity index (χ2v) is 4.03. The summed E-state index contributed by atoms with van der Waals surface area (Å²) in [5, 5.41) is 21.2. The van der Waals surface area contributed by atoms with Crippen molar-refractivity contribution in [1.29, 1.82) is 5.26 Å². The topological polar surface area (TPSA) is 82.4 Å². The number of rotatable bonds is 0. The number of anilines is 1. The number of amides is 1. The monoisotopic (exact) mass is 252 g/mol. The first kappa shape index (κ1) is 11.1. The van der Waals surface area contributed by atoms with Crippen molar-refractivity contribution in [3.63, 3.8) is 0 Å². The molecule has 1 amide bonds. The Morgan fingerprint density at radius 2 is 2.05 bits per heavy atom. The van der Waals surface area contributed by atoms with Crippen molar-refractivity contribution in [3.05, 3.63) is 47.5 Å². The van der Waals surface area contributed by atoms with Crippen LogP contribution in [0.3, 0.4) is 0 Å². The van der Waals surface area contributed by atoms with Gasteiger partial charge >= 0.3 is 0 Å². The molecule has 0 unspecified atom stereocenters. The second-order valence-electron chi connectivity index (χ2n) is 4.03. The fourth-order valence-electron chi connectivity index (χ4n) is 1.92. The van der Waals surface area contributed by atoms with Gasteiger partial charge in [-0.25, -0.2) is 0 Å². The van der Waals surface area contributed by atoms with Crippen LogP contribution in [0.25, 0.3) is 0 Å². The van der Waals surface area contributed by atoms with Crippen LogP contribution in [-0.4, -0.2) is 11.0 Å². The number of hydrogen-bond acceptors (Lipinski definition) is 4. The third-order valence-electron chi connectivity index (χ3n) is 2.81. The summed E-state index contributed by atoms with van der Waals surface area (Å²) >= 11 is 0. The van der Waals surface area contributed by atoms with E-state index in [1.54, 1.807) is 24.3 Å². The van der Waals surface area contributed by atoms with Gasteiger partial charge in [0.1, 0.15) is 17.1 Å². The third-order valence-corrected chi connectivity index (χ3v) is 2.81. The van der Waals surface area contributed by atoms with Gasteiger partial charge in [-0.3, -0.25) is 4.79 Å². The predicted molar refractivity (Wildman–Crippen MR) is 67.3 cm³/mol. The number of phenols is 1. The highest BCUT2D eigenvalue weighted by molar-refractivity contribution is 6.09. The maximum atomic E-state index is 12.1. The van der Waals surface area contributed by atoms with Crippen LogP contribution in [0.15, 0.2) is 36.4 Å². The molecule has 1 aliphatic heterocycles. The van der Waals surface area contributed by atoms with Crippen LogP contribution in [0.1, 0.15) is 15.9 Å². The zero-order chi connectivity index (χ0) is 13.4. The average molecular weight is 252 g/mol. The van der Waals surface area contributed by atoms with E-state index >= 15 is 0 Å². The minimum Gasteiger partial charge on any atom is -0.507 e. The van der Waals surface area contributed by atoms with Crippen molar-refractivity contribution >= 4 is 11.6 Å². The lowest BCUT2D eigenvalue weighted by molar-refractivity contribution is 0.102. The summed E-state index contributed by atoms with van der Waals surface area (Å²) in [5.74, 6) is 0.0860. The van der Waals surface area contributed by atoms with E-state index in [9.17, 15) is 9.90 Å². The number of carbonyl (C=O) groups excluding carboxylic acids is 1. The lowest BCUT2D eigenvalue weighted by Gasteiger charge is -2.07. The first-order chi connectivity index (χ1) is 9.19. The predicted octanol–water partition coefficient (Wildman–Crippen LogP) is 2.62. The highest BCUT2D eigenvalue weighted by Crippen LogP contribution is 2.38. The maximum Gasteiger partial charge on any atom is 0.263 e. The van der Waals surface area contributed by atoms with E-state index in [0.29, 0.717) is 17.0 Å². The summed E-state index contributed by atoms with van der Waals surface area (Å²) in [6.07, 6.45) is 0. The van der Waals surface area contributed by atoms with Crippen molar-refractivity contribution in [1.82, 2.24) is 0 Å². The normalized spacial score (nSPS) is 12.3. The van der Waals surface area contributed by atoms with Gasteiger partial charge in [-0.15, -0.1) is 0 Å². The van der Waals surface area contributed by atoms with Gasteiger partial charge < -0.3 is 15.2 Å². The molecular weight excluding hydrogens is 244 g/mol. The third kappa shape index (κ3) is 1.76. The molecule has 0 fully saturated rings. The van der Waals surface area contributed by atoms with Gasteiger partial charge in [0.25, 0.3) is 5.91 Å². The summed E-state index contributed by atoms with van der Waals surface area (Å²) in [7, 11) is 0. The molecule has 1 aliphatic rings. The Kier molecular flexibility index (Phi) is 2.36.